The quantitative estimate of drug-likeness (QED) is 0.271. The van der Waals surface area contributed by atoms with Crippen LogP contribution < -0.4 is 5.32 Å². The molecule has 4 heterocycles. The number of thioether (sulfide) groups is 1. The van der Waals surface area contributed by atoms with Crippen LogP contribution in [-0.4, -0.2) is 76.1 Å². The maximum atomic E-state index is 13.1. The molecule has 2 aliphatic heterocycles. The molecule has 4 rings (SSSR count). The van der Waals surface area contributed by atoms with Gasteiger partial charge in [0.2, 0.25) is 0 Å². The smallest absolute Gasteiger partial charge is 0.270 e. The Bertz CT molecular complexity index is 1030. The maximum absolute atomic E-state index is 13.1. The number of hydrogen-bond acceptors (Lipinski definition) is 7. The average Bonchev–Trinajstić information content (AvgIpc) is 3.41. The zero-order valence-electron chi connectivity index (χ0n) is 21.2. The Morgan fingerprint density at radius 3 is 2.86 bits per heavy atom. The number of likely N-dealkylation sites (tertiary alicyclic amines) is 2. The van der Waals surface area contributed by atoms with Gasteiger partial charge in [-0.2, -0.15) is 0 Å². The van der Waals surface area contributed by atoms with E-state index in [1.165, 1.54) is 37.6 Å². The van der Waals surface area contributed by atoms with Crippen molar-refractivity contribution in [1.29, 1.82) is 0 Å². The standard InChI is InChI=1S/C27H37N5O2S2/c1-3-18-35-26-22(9-6-12-29-26)27(34)32-16-10-21(11-17-32)25-30-23(19-36-25)24(33)28-13-7-15-31-14-5-4-8-20(31)2/h3,6,9,12,19-21H,1,4-5,7-8,10-11,13-18H2,2H3,(H,28,33). The highest BCUT2D eigenvalue weighted by Crippen LogP contribution is 2.31. The van der Waals surface area contributed by atoms with E-state index in [2.05, 4.69) is 33.7 Å². The fourth-order valence-corrected chi connectivity index (χ4v) is 6.64. The number of aromatic nitrogens is 2. The van der Waals surface area contributed by atoms with Crippen LogP contribution in [0.2, 0.25) is 0 Å². The van der Waals surface area contributed by atoms with Crippen LogP contribution in [0, 0.1) is 0 Å². The van der Waals surface area contributed by atoms with Crippen LogP contribution in [0.5, 0.6) is 0 Å². The highest BCUT2D eigenvalue weighted by molar-refractivity contribution is 7.99. The van der Waals surface area contributed by atoms with Crippen LogP contribution in [0.15, 0.2) is 41.4 Å². The Labute approximate surface area is 222 Å². The summed E-state index contributed by atoms with van der Waals surface area (Å²) >= 11 is 3.09. The molecule has 2 amide bonds. The Balaban J connectivity index is 1.23. The van der Waals surface area contributed by atoms with Crippen molar-refractivity contribution in [3.63, 3.8) is 0 Å². The minimum atomic E-state index is -0.0852. The van der Waals surface area contributed by atoms with Crippen molar-refractivity contribution >= 4 is 34.9 Å². The molecule has 9 heteroatoms. The van der Waals surface area contributed by atoms with Gasteiger partial charge >= 0.3 is 0 Å². The largest absolute Gasteiger partial charge is 0.351 e. The molecular weight excluding hydrogens is 490 g/mol. The van der Waals surface area contributed by atoms with Gasteiger partial charge in [0.1, 0.15) is 10.7 Å². The molecule has 2 fully saturated rings. The van der Waals surface area contributed by atoms with Crippen LogP contribution in [-0.2, 0) is 0 Å². The number of amides is 2. The van der Waals surface area contributed by atoms with E-state index in [-0.39, 0.29) is 17.7 Å². The highest BCUT2D eigenvalue weighted by Gasteiger charge is 2.28. The molecule has 36 heavy (non-hydrogen) atoms. The van der Waals surface area contributed by atoms with Gasteiger partial charge in [0.25, 0.3) is 11.8 Å². The van der Waals surface area contributed by atoms with Gasteiger partial charge in [-0.1, -0.05) is 12.5 Å². The number of carbonyl (C=O) groups excluding carboxylic acids is 2. The summed E-state index contributed by atoms with van der Waals surface area (Å²) in [6.07, 6.45) is 10.1. The van der Waals surface area contributed by atoms with Crippen molar-refractivity contribution in [3.05, 3.63) is 52.6 Å². The van der Waals surface area contributed by atoms with Crippen LogP contribution in [0.3, 0.4) is 0 Å². The van der Waals surface area contributed by atoms with E-state index in [0.717, 1.165) is 41.6 Å². The van der Waals surface area contributed by atoms with Gasteiger partial charge in [-0.15, -0.1) is 29.7 Å². The molecule has 0 aliphatic carbocycles. The van der Waals surface area contributed by atoms with E-state index in [1.54, 1.807) is 17.5 Å². The maximum Gasteiger partial charge on any atom is 0.270 e. The first-order valence-corrected chi connectivity index (χ1v) is 14.9. The van der Waals surface area contributed by atoms with E-state index >= 15 is 0 Å². The molecule has 1 atom stereocenters. The van der Waals surface area contributed by atoms with Crippen LogP contribution >= 0.6 is 23.1 Å². The van der Waals surface area contributed by atoms with E-state index in [4.69, 9.17) is 0 Å². The first-order valence-electron chi connectivity index (χ1n) is 13.0. The van der Waals surface area contributed by atoms with Gasteiger partial charge < -0.3 is 15.1 Å². The summed E-state index contributed by atoms with van der Waals surface area (Å²) < 4.78 is 0. The Morgan fingerprint density at radius 1 is 1.25 bits per heavy atom. The lowest BCUT2D eigenvalue weighted by Crippen LogP contribution is -2.39. The second-order valence-corrected chi connectivity index (χ2v) is 11.5. The summed E-state index contributed by atoms with van der Waals surface area (Å²) in [6.45, 7) is 10.3. The Hall–Kier alpha value is -2.23. The lowest BCUT2D eigenvalue weighted by atomic mass is 9.97. The van der Waals surface area contributed by atoms with Crippen molar-refractivity contribution in [2.45, 2.75) is 62.4 Å². The third kappa shape index (κ3) is 6.95. The lowest BCUT2D eigenvalue weighted by molar-refractivity contribution is 0.0708. The normalized spacial score (nSPS) is 19.2. The van der Waals surface area contributed by atoms with Crippen molar-refractivity contribution in [3.8, 4) is 0 Å². The van der Waals surface area contributed by atoms with Crippen LogP contribution in [0.4, 0.5) is 0 Å². The second kappa shape index (κ2) is 13.4. The van der Waals surface area contributed by atoms with E-state index in [0.29, 0.717) is 36.9 Å². The topological polar surface area (TPSA) is 78.4 Å². The third-order valence-corrected chi connectivity index (χ3v) is 9.08. The SMILES string of the molecule is C=CCSc1ncccc1C(=O)N1CCC(c2nc(C(=O)NCCCN3CCCCC3C)cs2)CC1. The number of nitrogens with zero attached hydrogens (tertiary/aromatic N) is 4. The average molecular weight is 528 g/mol. The van der Waals surface area contributed by atoms with Crippen molar-refractivity contribution < 1.29 is 9.59 Å². The lowest BCUT2D eigenvalue weighted by Gasteiger charge is -2.33. The van der Waals surface area contributed by atoms with Gasteiger partial charge in [-0.25, -0.2) is 9.97 Å². The van der Waals surface area contributed by atoms with Gasteiger partial charge in [-0.3, -0.25) is 9.59 Å². The van der Waals surface area contributed by atoms with Gasteiger partial charge in [0.05, 0.1) is 10.6 Å². The Kier molecular flexibility index (Phi) is 9.95. The predicted octanol–water partition coefficient (Wildman–Crippen LogP) is 4.83. The summed E-state index contributed by atoms with van der Waals surface area (Å²) in [6, 6.07) is 4.32. The molecule has 7 nitrogen and oxygen atoms in total. The number of rotatable bonds is 10. The number of pyridine rings is 1. The summed E-state index contributed by atoms with van der Waals surface area (Å²) in [4.78, 5) is 39.2. The van der Waals surface area contributed by atoms with Gasteiger partial charge in [-0.05, 0) is 57.7 Å². The molecule has 2 aromatic rings. The third-order valence-electron chi connectivity index (χ3n) is 7.07. The minimum Gasteiger partial charge on any atom is -0.351 e. The van der Waals surface area contributed by atoms with Crippen molar-refractivity contribution in [2.75, 3.05) is 38.5 Å². The number of nitrogens with one attached hydrogen (secondary N) is 1. The fourth-order valence-electron chi connectivity index (χ4n) is 4.95. The molecule has 1 unspecified atom stereocenters. The number of carbonyl (C=O) groups is 2. The van der Waals surface area contributed by atoms with Gasteiger partial charge in [0.15, 0.2) is 0 Å². The summed E-state index contributed by atoms with van der Waals surface area (Å²) in [7, 11) is 0. The second-order valence-electron chi connectivity index (χ2n) is 9.58. The molecule has 0 aromatic carbocycles. The fraction of sp³-hybridized carbons (Fsp3) is 0.556. The van der Waals surface area contributed by atoms with E-state index in [1.807, 2.05) is 28.5 Å². The van der Waals surface area contributed by atoms with Crippen LogP contribution in [0.1, 0.15) is 77.2 Å². The first kappa shape index (κ1) is 26.8. The summed E-state index contributed by atoms with van der Waals surface area (Å²) in [5.41, 5.74) is 1.17. The molecule has 0 radical (unpaired) electrons. The van der Waals surface area contributed by atoms with Crippen molar-refractivity contribution in [1.82, 2.24) is 25.1 Å². The zero-order valence-corrected chi connectivity index (χ0v) is 22.8. The molecule has 0 spiro atoms. The molecule has 0 bridgehead atoms. The first-order chi connectivity index (χ1) is 17.6. The van der Waals surface area contributed by atoms with E-state index in [9.17, 15) is 9.59 Å². The molecule has 0 saturated carbocycles. The molecule has 2 saturated heterocycles. The predicted molar refractivity (Wildman–Crippen MR) is 147 cm³/mol. The van der Waals surface area contributed by atoms with Crippen molar-refractivity contribution in [2.24, 2.45) is 0 Å². The summed E-state index contributed by atoms with van der Waals surface area (Å²) in [5.74, 6) is 0.950. The number of hydrogen-bond donors (Lipinski definition) is 1. The zero-order chi connectivity index (χ0) is 25.3. The van der Waals surface area contributed by atoms with Gasteiger partial charge in [0, 0.05) is 55.5 Å². The molecule has 194 valence electrons. The molecular formula is C27H37N5O2S2. The minimum absolute atomic E-state index is 0.0336. The Morgan fingerprint density at radius 2 is 2.08 bits per heavy atom. The van der Waals surface area contributed by atoms with E-state index < -0.39 is 0 Å². The number of piperidine rings is 2. The molecule has 2 aromatic heterocycles. The molecule has 1 N–H and O–H groups in total. The summed E-state index contributed by atoms with van der Waals surface area (Å²) in [5, 5.41) is 6.66. The highest BCUT2D eigenvalue weighted by atomic mass is 32.2. The number of thiazole rings is 1. The monoisotopic (exact) mass is 527 g/mol. The van der Waals surface area contributed by atoms with Crippen LogP contribution in [0.25, 0.3) is 0 Å². The molecule has 2 aliphatic rings.